The van der Waals surface area contributed by atoms with Crippen molar-refractivity contribution in [1.29, 1.82) is 0 Å². The molecule has 1 heterocycles. The number of alkyl halides is 1. The summed E-state index contributed by atoms with van der Waals surface area (Å²) >= 11 is 5.88. The summed E-state index contributed by atoms with van der Waals surface area (Å²) in [6.45, 7) is 1.96. The van der Waals surface area contributed by atoms with Gasteiger partial charge in [-0.25, -0.2) is 0 Å². The topological polar surface area (TPSA) is 40.6 Å². The fourth-order valence-electron chi connectivity index (χ4n) is 4.52. The second-order valence-electron chi connectivity index (χ2n) is 7.22. The standard InChI is InChI=1S/C15H27ClN2O2S/c1-17(11-15-9-13-2-3-14(15)8-13)21(19,20)18-6-4-12(10-16)5-7-18/h12-15H,2-11H2,1H3. The quantitative estimate of drug-likeness (QED) is 0.725. The maximum absolute atomic E-state index is 12.7. The third-order valence-electron chi connectivity index (χ3n) is 5.89. The molecule has 122 valence electrons. The second-order valence-corrected chi connectivity index (χ2v) is 9.56. The molecule has 6 heteroatoms. The lowest BCUT2D eigenvalue weighted by Crippen LogP contribution is -2.47. The van der Waals surface area contributed by atoms with Gasteiger partial charge in [-0.3, -0.25) is 0 Å². The third-order valence-corrected chi connectivity index (χ3v) is 8.28. The van der Waals surface area contributed by atoms with E-state index in [2.05, 4.69) is 0 Å². The normalized spacial score (nSPS) is 34.9. The van der Waals surface area contributed by atoms with Crippen molar-refractivity contribution in [2.75, 3.05) is 32.6 Å². The zero-order valence-electron chi connectivity index (χ0n) is 12.9. The fraction of sp³-hybridized carbons (Fsp3) is 1.00. The Morgan fingerprint density at radius 3 is 2.38 bits per heavy atom. The summed E-state index contributed by atoms with van der Waals surface area (Å²) in [4.78, 5) is 0. The van der Waals surface area contributed by atoms with Crippen molar-refractivity contribution in [2.24, 2.45) is 23.7 Å². The summed E-state index contributed by atoms with van der Waals surface area (Å²) in [7, 11) is -1.52. The molecule has 3 unspecified atom stereocenters. The minimum Gasteiger partial charge on any atom is -0.195 e. The van der Waals surface area contributed by atoms with Gasteiger partial charge in [0.05, 0.1) is 0 Å². The first kappa shape index (κ1) is 16.0. The molecule has 0 aromatic carbocycles. The molecule has 3 rings (SSSR count). The van der Waals surface area contributed by atoms with Crippen molar-refractivity contribution in [3.63, 3.8) is 0 Å². The van der Waals surface area contributed by atoms with Gasteiger partial charge in [-0.2, -0.15) is 17.0 Å². The summed E-state index contributed by atoms with van der Waals surface area (Å²) in [5, 5.41) is 0. The highest BCUT2D eigenvalue weighted by molar-refractivity contribution is 7.86. The molecule has 1 aliphatic heterocycles. The fourth-order valence-corrected chi connectivity index (χ4v) is 6.27. The molecular weight excluding hydrogens is 308 g/mol. The van der Waals surface area contributed by atoms with Gasteiger partial charge < -0.3 is 0 Å². The molecule has 21 heavy (non-hydrogen) atoms. The highest BCUT2D eigenvalue weighted by Crippen LogP contribution is 2.48. The van der Waals surface area contributed by atoms with E-state index in [1.54, 1.807) is 15.7 Å². The van der Waals surface area contributed by atoms with E-state index in [0.29, 0.717) is 37.4 Å². The van der Waals surface area contributed by atoms with Crippen molar-refractivity contribution in [2.45, 2.75) is 38.5 Å². The summed E-state index contributed by atoms with van der Waals surface area (Å²) < 4.78 is 28.7. The van der Waals surface area contributed by atoms with Crippen LogP contribution in [0.5, 0.6) is 0 Å². The predicted molar refractivity (Wildman–Crippen MR) is 85.5 cm³/mol. The first-order valence-electron chi connectivity index (χ1n) is 8.28. The number of hydrogen-bond acceptors (Lipinski definition) is 2. The summed E-state index contributed by atoms with van der Waals surface area (Å²) in [6.07, 6.45) is 7.03. The molecule has 2 bridgehead atoms. The van der Waals surface area contributed by atoms with Gasteiger partial charge in [0.25, 0.3) is 10.2 Å². The third kappa shape index (κ3) is 3.26. The van der Waals surface area contributed by atoms with E-state index in [9.17, 15) is 8.42 Å². The molecule has 4 nitrogen and oxygen atoms in total. The Kier molecular flexibility index (Phi) is 4.84. The van der Waals surface area contributed by atoms with Crippen LogP contribution in [0.15, 0.2) is 0 Å². The van der Waals surface area contributed by atoms with Crippen molar-refractivity contribution < 1.29 is 8.42 Å². The lowest BCUT2D eigenvalue weighted by molar-refractivity contribution is 0.245. The van der Waals surface area contributed by atoms with Crippen molar-refractivity contribution >= 4 is 21.8 Å². The monoisotopic (exact) mass is 334 g/mol. The van der Waals surface area contributed by atoms with Gasteiger partial charge in [0, 0.05) is 32.6 Å². The summed E-state index contributed by atoms with van der Waals surface area (Å²) in [5.74, 6) is 3.36. The van der Waals surface area contributed by atoms with Crippen LogP contribution in [-0.4, -0.2) is 49.6 Å². The molecule has 0 radical (unpaired) electrons. The minimum absolute atomic E-state index is 0.481. The van der Waals surface area contributed by atoms with Crippen molar-refractivity contribution in [1.82, 2.24) is 8.61 Å². The van der Waals surface area contributed by atoms with Crippen LogP contribution >= 0.6 is 11.6 Å². The molecule has 3 aliphatic rings. The molecule has 0 spiro atoms. The Labute approximate surface area is 134 Å². The summed E-state index contributed by atoms with van der Waals surface area (Å²) in [6, 6.07) is 0. The number of piperidine rings is 1. The first-order valence-corrected chi connectivity index (χ1v) is 10.2. The van der Waals surface area contributed by atoms with Gasteiger partial charge in [0.1, 0.15) is 0 Å². The molecule has 3 fully saturated rings. The largest absolute Gasteiger partial charge is 0.281 e. The van der Waals surface area contributed by atoms with Gasteiger partial charge in [-0.1, -0.05) is 6.42 Å². The molecule has 0 N–H and O–H groups in total. The summed E-state index contributed by atoms with van der Waals surface area (Å²) in [5.41, 5.74) is 0. The van der Waals surface area contributed by atoms with Gasteiger partial charge in [0.2, 0.25) is 0 Å². The maximum atomic E-state index is 12.7. The van der Waals surface area contributed by atoms with Gasteiger partial charge in [-0.05, 0) is 55.8 Å². The van der Waals surface area contributed by atoms with Crippen LogP contribution in [0.2, 0.25) is 0 Å². The van der Waals surface area contributed by atoms with Crippen LogP contribution in [-0.2, 0) is 10.2 Å². The lowest BCUT2D eigenvalue weighted by atomic mass is 9.89. The van der Waals surface area contributed by atoms with E-state index in [1.807, 2.05) is 0 Å². The van der Waals surface area contributed by atoms with E-state index in [-0.39, 0.29) is 0 Å². The van der Waals surface area contributed by atoms with Crippen LogP contribution in [0.4, 0.5) is 0 Å². The van der Waals surface area contributed by atoms with Crippen molar-refractivity contribution in [3.8, 4) is 0 Å². The Bertz CT molecular complexity index is 462. The first-order chi connectivity index (χ1) is 10.0. The van der Waals surface area contributed by atoms with Crippen LogP contribution < -0.4 is 0 Å². The zero-order chi connectivity index (χ0) is 15.0. The molecule has 0 aromatic rings. The van der Waals surface area contributed by atoms with E-state index in [0.717, 1.165) is 24.7 Å². The zero-order valence-corrected chi connectivity index (χ0v) is 14.5. The Balaban J connectivity index is 1.57. The van der Waals surface area contributed by atoms with E-state index >= 15 is 0 Å². The number of fused-ring (bicyclic) bond motifs is 2. The molecule has 3 atom stereocenters. The highest BCUT2D eigenvalue weighted by Gasteiger charge is 2.41. The Morgan fingerprint density at radius 2 is 1.86 bits per heavy atom. The smallest absolute Gasteiger partial charge is 0.195 e. The average Bonchev–Trinajstić information content (AvgIpc) is 3.09. The number of nitrogens with zero attached hydrogens (tertiary/aromatic N) is 2. The predicted octanol–water partition coefficient (Wildman–Crippen LogP) is 2.55. The van der Waals surface area contributed by atoms with E-state index in [1.165, 1.54) is 25.7 Å². The van der Waals surface area contributed by atoms with E-state index in [4.69, 9.17) is 11.6 Å². The molecule has 2 saturated carbocycles. The van der Waals surface area contributed by atoms with E-state index < -0.39 is 10.2 Å². The molecule has 1 saturated heterocycles. The maximum Gasteiger partial charge on any atom is 0.281 e. The number of rotatable bonds is 5. The Morgan fingerprint density at radius 1 is 1.14 bits per heavy atom. The highest BCUT2D eigenvalue weighted by atomic mass is 35.5. The Hall–Kier alpha value is 0.160. The molecular formula is C15H27ClN2O2S. The number of hydrogen-bond donors (Lipinski definition) is 0. The second kappa shape index (κ2) is 6.34. The number of halogens is 1. The molecule has 0 amide bonds. The van der Waals surface area contributed by atoms with Crippen LogP contribution in [0.3, 0.4) is 0 Å². The van der Waals surface area contributed by atoms with Crippen molar-refractivity contribution in [3.05, 3.63) is 0 Å². The molecule has 0 aromatic heterocycles. The van der Waals surface area contributed by atoms with Gasteiger partial charge in [-0.15, -0.1) is 11.6 Å². The van der Waals surface area contributed by atoms with Gasteiger partial charge >= 0.3 is 0 Å². The van der Waals surface area contributed by atoms with Crippen LogP contribution in [0.25, 0.3) is 0 Å². The SMILES string of the molecule is CN(CC1CC2CCC1C2)S(=O)(=O)N1CCC(CCl)CC1. The molecule has 2 aliphatic carbocycles. The lowest BCUT2D eigenvalue weighted by Gasteiger charge is -2.34. The van der Waals surface area contributed by atoms with Gasteiger partial charge in [0.15, 0.2) is 0 Å². The minimum atomic E-state index is -3.27. The van der Waals surface area contributed by atoms with Crippen LogP contribution in [0.1, 0.15) is 38.5 Å². The van der Waals surface area contributed by atoms with Crippen LogP contribution in [0, 0.1) is 23.7 Å². The average molecular weight is 335 g/mol.